The molecular formula is C20H22N2O5S. The highest BCUT2D eigenvalue weighted by atomic mass is 32.2. The lowest BCUT2D eigenvalue weighted by Gasteiger charge is -2.21. The first-order chi connectivity index (χ1) is 13.3. The van der Waals surface area contributed by atoms with Crippen molar-refractivity contribution in [3.8, 4) is 5.75 Å². The minimum atomic E-state index is -4.01. The van der Waals surface area contributed by atoms with Crippen molar-refractivity contribution >= 4 is 21.8 Å². The molecule has 0 radical (unpaired) electrons. The van der Waals surface area contributed by atoms with Crippen molar-refractivity contribution in [2.24, 2.45) is 0 Å². The maximum atomic E-state index is 12.6. The molecule has 28 heavy (non-hydrogen) atoms. The minimum Gasteiger partial charge on any atom is -0.496 e. The van der Waals surface area contributed by atoms with E-state index in [9.17, 15) is 18.0 Å². The van der Waals surface area contributed by atoms with Gasteiger partial charge in [0.2, 0.25) is 5.91 Å². The molecule has 1 atom stereocenters. The molecule has 0 spiro atoms. The standard InChI is InChI=1S/C20H22N2O5S/c1-4-16(14-9-10-17(27-3)13(2)11-14)21-19(23)12-22-20(24)15-7-5-6-8-18(15)28(22,25)26/h5-11,16H,4,12H2,1-3H3,(H,21,23). The van der Waals surface area contributed by atoms with Crippen LogP contribution < -0.4 is 10.1 Å². The Balaban J connectivity index is 1.76. The van der Waals surface area contributed by atoms with Gasteiger partial charge in [0.1, 0.15) is 17.2 Å². The van der Waals surface area contributed by atoms with E-state index in [2.05, 4.69) is 5.32 Å². The molecule has 2 aromatic carbocycles. The van der Waals surface area contributed by atoms with Gasteiger partial charge in [-0.15, -0.1) is 0 Å². The molecule has 8 heteroatoms. The van der Waals surface area contributed by atoms with Crippen LogP contribution in [0, 0.1) is 6.92 Å². The quantitative estimate of drug-likeness (QED) is 0.801. The summed E-state index contributed by atoms with van der Waals surface area (Å²) < 4.78 is 31.0. The van der Waals surface area contributed by atoms with Crippen molar-refractivity contribution in [2.75, 3.05) is 13.7 Å². The van der Waals surface area contributed by atoms with Crippen LogP contribution in [-0.4, -0.2) is 38.2 Å². The van der Waals surface area contributed by atoms with E-state index in [-0.39, 0.29) is 16.5 Å². The Morgan fingerprint density at radius 1 is 1.21 bits per heavy atom. The Morgan fingerprint density at radius 2 is 1.93 bits per heavy atom. The maximum Gasteiger partial charge on any atom is 0.269 e. The fourth-order valence-electron chi connectivity index (χ4n) is 3.30. The number of carbonyl (C=O) groups is 2. The Labute approximate surface area is 164 Å². The number of amides is 2. The summed E-state index contributed by atoms with van der Waals surface area (Å²) in [5.74, 6) is -0.472. The number of nitrogens with one attached hydrogen (secondary N) is 1. The second-order valence-corrected chi connectivity index (χ2v) is 8.40. The summed E-state index contributed by atoms with van der Waals surface area (Å²) >= 11 is 0. The lowest BCUT2D eigenvalue weighted by atomic mass is 10.0. The fourth-order valence-corrected chi connectivity index (χ4v) is 4.82. The molecule has 0 bridgehead atoms. The second-order valence-electron chi connectivity index (χ2n) is 6.57. The Bertz CT molecular complexity index is 1030. The molecule has 1 heterocycles. The number of benzene rings is 2. The highest BCUT2D eigenvalue weighted by molar-refractivity contribution is 7.90. The van der Waals surface area contributed by atoms with Crippen LogP contribution in [0.2, 0.25) is 0 Å². The summed E-state index contributed by atoms with van der Waals surface area (Å²) in [6, 6.07) is 11.2. The van der Waals surface area contributed by atoms with Crippen LogP contribution in [0.5, 0.6) is 5.75 Å². The lowest BCUT2D eigenvalue weighted by Crippen LogP contribution is -2.41. The van der Waals surface area contributed by atoms with E-state index in [0.29, 0.717) is 10.7 Å². The molecule has 2 aromatic rings. The molecule has 0 saturated carbocycles. The van der Waals surface area contributed by atoms with Crippen LogP contribution in [0.25, 0.3) is 0 Å². The largest absolute Gasteiger partial charge is 0.496 e. The zero-order valence-electron chi connectivity index (χ0n) is 15.9. The van der Waals surface area contributed by atoms with Gasteiger partial charge in [-0.2, -0.15) is 0 Å². The van der Waals surface area contributed by atoms with Crippen LogP contribution in [0.15, 0.2) is 47.4 Å². The maximum absolute atomic E-state index is 12.6. The summed E-state index contributed by atoms with van der Waals surface area (Å²) in [6.07, 6.45) is 0.610. The third kappa shape index (κ3) is 3.47. The molecular weight excluding hydrogens is 380 g/mol. The molecule has 0 fully saturated rings. The normalized spacial score (nSPS) is 15.8. The molecule has 1 N–H and O–H groups in total. The summed E-state index contributed by atoms with van der Waals surface area (Å²) in [6.45, 7) is 3.27. The van der Waals surface area contributed by atoms with E-state index < -0.39 is 28.4 Å². The van der Waals surface area contributed by atoms with Gasteiger partial charge in [-0.3, -0.25) is 9.59 Å². The van der Waals surface area contributed by atoms with Gasteiger partial charge in [-0.1, -0.05) is 31.2 Å². The second kappa shape index (κ2) is 7.63. The number of hydrogen-bond acceptors (Lipinski definition) is 5. The number of rotatable bonds is 6. The molecule has 2 amide bonds. The highest BCUT2D eigenvalue weighted by Gasteiger charge is 2.41. The number of nitrogens with zero attached hydrogens (tertiary/aromatic N) is 1. The molecule has 1 aliphatic rings. The van der Waals surface area contributed by atoms with E-state index in [4.69, 9.17) is 4.74 Å². The van der Waals surface area contributed by atoms with Crippen molar-refractivity contribution < 1.29 is 22.7 Å². The average Bonchev–Trinajstić information content (AvgIpc) is 2.87. The van der Waals surface area contributed by atoms with E-state index in [1.807, 2.05) is 32.0 Å². The van der Waals surface area contributed by atoms with E-state index in [1.54, 1.807) is 19.2 Å². The van der Waals surface area contributed by atoms with Crippen molar-refractivity contribution in [2.45, 2.75) is 31.2 Å². The number of sulfonamides is 1. The first-order valence-electron chi connectivity index (χ1n) is 8.89. The first-order valence-corrected chi connectivity index (χ1v) is 10.3. The molecule has 7 nitrogen and oxygen atoms in total. The van der Waals surface area contributed by atoms with Crippen molar-refractivity contribution in [1.82, 2.24) is 9.62 Å². The number of aryl methyl sites for hydroxylation is 1. The molecule has 148 valence electrons. The fraction of sp³-hybridized carbons (Fsp3) is 0.300. The first kappa shape index (κ1) is 19.9. The van der Waals surface area contributed by atoms with E-state index >= 15 is 0 Å². The predicted octanol–water partition coefficient (Wildman–Crippen LogP) is 2.42. The molecule has 1 unspecified atom stereocenters. The Kier molecular flexibility index (Phi) is 5.42. The van der Waals surface area contributed by atoms with E-state index in [0.717, 1.165) is 16.9 Å². The predicted molar refractivity (Wildman–Crippen MR) is 104 cm³/mol. The van der Waals surface area contributed by atoms with Gasteiger partial charge in [0, 0.05) is 0 Å². The van der Waals surface area contributed by atoms with Crippen molar-refractivity contribution in [3.63, 3.8) is 0 Å². The topological polar surface area (TPSA) is 92.8 Å². The van der Waals surface area contributed by atoms with Crippen LogP contribution in [0.3, 0.4) is 0 Å². The smallest absolute Gasteiger partial charge is 0.269 e. The monoisotopic (exact) mass is 402 g/mol. The molecule has 0 aliphatic carbocycles. The summed E-state index contributed by atoms with van der Waals surface area (Å²) in [5, 5.41) is 2.82. The number of ether oxygens (including phenoxy) is 1. The third-order valence-electron chi connectivity index (χ3n) is 4.76. The van der Waals surface area contributed by atoms with Gasteiger partial charge in [-0.25, -0.2) is 12.7 Å². The highest BCUT2D eigenvalue weighted by Crippen LogP contribution is 2.30. The van der Waals surface area contributed by atoms with Gasteiger partial charge in [0.05, 0.1) is 18.7 Å². The zero-order chi connectivity index (χ0) is 20.5. The van der Waals surface area contributed by atoms with Gasteiger partial charge >= 0.3 is 0 Å². The lowest BCUT2D eigenvalue weighted by molar-refractivity contribution is -0.121. The van der Waals surface area contributed by atoms with Crippen LogP contribution >= 0.6 is 0 Å². The average molecular weight is 402 g/mol. The molecule has 3 rings (SSSR count). The van der Waals surface area contributed by atoms with Crippen molar-refractivity contribution in [1.29, 1.82) is 0 Å². The summed E-state index contributed by atoms with van der Waals surface area (Å²) in [4.78, 5) is 24.9. The molecule has 0 aromatic heterocycles. The van der Waals surface area contributed by atoms with Gasteiger partial charge < -0.3 is 10.1 Å². The summed E-state index contributed by atoms with van der Waals surface area (Å²) in [5.41, 5.74) is 1.90. The SMILES string of the molecule is CCC(NC(=O)CN1C(=O)c2ccccc2S1(=O)=O)c1ccc(OC)c(C)c1. The van der Waals surface area contributed by atoms with E-state index in [1.165, 1.54) is 12.1 Å². The number of carbonyl (C=O) groups excluding carboxylic acids is 2. The van der Waals surface area contributed by atoms with Crippen LogP contribution in [0.1, 0.15) is 40.9 Å². The third-order valence-corrected chi connectivity index (χ3v) is 6.55. The number of fused-ring (bicyclic) bond motifs is 1. The number of methoxy groups -OCH3 is 1. The van der Waals surface area contributed by atoms with Gasteiger partial charge in [0.25, 0.3) is 15.9 Å². The Morgan fingerprint density at radius 3 is 2.54 bits per heavy atom. The van der Waals surface area contributed by atoms with Gasteiger partial charge in [-0.05, 0) is 42.7 Å². The number of hydrogen-bond donors (Lipinski definition) is 1. The zero-order valence-corrected chi connectivity index (χ0v) is 16.7. The summed E-state index contributed by atoms with van der Waals surface area (Å²) in [7, 11) is -2.42. The van der Waals surface area contributed by atoms with Crippen molar-refractivity contribution in [3.05, 3.63) is 59.2 Å². The van der Waals surface area contributed by atoms with Crippen LogP contribution in [0.4, 0.5) is 0 Å². The molecule has 0 saturated heterocycles. The van der Waals surface area contributed by atoms with Crippen LogP contribution in [-0.2, 0) is 14.8 Å². The molecule has 1 aliphatic heterocycles. The minimum absolute atomic E-state index is 0.0642. The Hall–Kier alpha value is -2.87. The van der Waals surface area contributed by atoms with Gasteiger partial charge in [0.15, 0.2) is 0 Å².